The highest BCUT2D eigenvalue weighted by Gasteiger charge is 2.21. The zero-order valence-corrected chi connectivity index (χ0v) is 17.4. The molecule has 0 aromatic heterocycles. The molecule has 160 valence electrons. The Hall–Kier alpha value is -4.12. The molecular weight excluding hydrogens is 402 g/mol. The van der Waals surface area contributed by atoms with Crippen molar-refractivity contribution < 1.29 is 19.4 Å². The van der Waals surface area contributed by atoms with Gasteiger partial charge in [0.25, 0.3) is 5.91 Å². The molecule has 4 rings (SSSR count). The Labute approximate surface area is 186 Å². The molecule has 32 heavy (non-hydrogen) atoms. The van der Waals surface area contributed by atoms with Gasteiger partial charge in [-0.05, 0) is 46.2 Å². The number of amides is 1. The Kier molecular flexibility index (Phi) is 6.46. The van der Waals surface area contributed by atoms with Gasteiger partial charge < -0.3 is 15.2 Å². The maximum Gasteiger partial charge on any atom is 0.326 e. The maximum absolute atomic E-state index is 12.7. The Morgan fingerprint density at radius 2 is 1.47 bits per heavy atom. The smallest absolute Gasteiger partial charge is 0.326 e. The summed E-state index contributed by atoms with van der Waals surface area (Å²) in [6, 6.07) is 29.1. The summed E-state index contributed by atoms with van der Waals surface area (Å²) < 4.78 is 5.77. The first kappa shape index (κ1) is 21.1. The number of nitrogens with one attached hydrogen (secondary N) is 1. The third-order valence-electron chi connectivity index (χ3n) is 5.23. The molecule has 0 aliphatic carbocycles. The maximum atomic E-state index is 12.7. The third kappa shape index (κ3) is 5.32. The molecule has 0 unspecified atom stereocenters. The lowest BCUT2D eigenvalue weighted by molar-refractivity contribution is -0.139. The van der Waals surface area contributed by atoms with Crippen molar-refractivity contribution in [3.63, 3.8) is 0 Å². The van der Waals surface area contributed by atoms with Crippen LogP contribution in [0.3, 0.4) is 0 Å². The van der Waals surface area contributed by atoms with Gasteiger partial charge in [-0.25, -0.2) is 4.79 Å². The molecule has 0 fully saturated rings. The molecule has 0 saturated carbocycles. The summed E-state index contributed by atoms with van der Waals surface area (Å²) in [6.45, 7) is 0.458. The zero-order chi connectivity index (χ0) is 22.3. The molecule has 0 bridgehead atoms. The summed E-state index contributed by atoms with van der Waals surface area (Å²) in [4.78, 5) is 24.4. The van der Waals surface area contributed by atoms with Crippen LogP contribution in [0.4, 0.5) is 0 Å². The molecule has 1 amide bonds. The largest absolute Gasteiger partial charge is 0.489 e. The van der Waals surface area contributed by atoms with Gasteiger partial charge in [-0.3, -0.25) is 4.79 Å². The summed E-state index contributed by atoms with van der Waals surface area (Å²) >= 11 is 0. The third-order valence-corrected chi connectivity index (χ3v) is 5.23. The standard InChI is InChI=1S/C27H23NO4/c29-26(23-13-12-21-8-4-5-9-22(21)17-23)28-25(27(30)31)16-19-10-14-24(15-11-19)32-18-20-6-2-1-3-7-20/h1-15,17,25H,16,18H2,(H,28,29)(H,30,31)/t25-/m1/s1. The van der Waals surface area contributed by atoms with E-state index in [0.29, 0.717) is 17.9 Å². The number of carboxylic acid groups (broad SMARTS) is 1. The van der Waals surface area contributed by atoms with Crippen LogP contribution in [0.2, 0.25) is 0 Å². The minimum absolute atomic E-state index is 0.174. The van der Waals surface area contributed by atoms with Crippen LogP contribution in [0.5, 0.6) is 5.75 Å². The van der Waals surface area contributed by atoms with Gasteiger partial charge in [-0.15, -0.1) is 0 Å². The van der Waals surface area contributed by atoms with Crippen LogP contribution in [0.1, 0.15) is 21.5 Å². The molecule has 1 atom stereocenters. The summed E-state index contributed by atoms with van der Waals surface area (Å²) in [7, 11) is 0. The van der Waals surface area contributed by atoms with Crippen LogP contribution in [0.25, 0.3) is 10.8 Å². The average Bonchev–Trinajstić information content (AvgIpc) is 2.83. The van der Waals surface area contributed by atoms with Crippen molar-refractivity contribution in [1.29, 1.82) is 0 Å². The highest BCUT2D eigenvalue weighted by Crippen LogP contribution is 2.17. The predicted octanol–water partition coefficient (Wildman–Crippen LogP) is 4.84. The van der Waals surface area contributed by atoms with Crippen molar-refractivity contribution in [1.82, 2.24) is 5.32 Å². The minimum Gasteiger partial charge on any atom is -0.489 e. The molecule has 5 heteroatoms. The van der Waals surface area contributed by atoms with Crippen molar-refractivity contribution in [3.8, 4) is 5.75 Å². The van der Waals surface area contributed by atoms with E-state index < -0.39 is 17.9 Å². The number of carboxylic acids is 1. The number of rotatable bonds is 8. The molecule has 0 radical (unpaired) electrons. The molecule has 2 N–H and O–H groups in total. The number of carbonyl (C=O) groups excluding carboxylic acids is 1. The van der Waals surface area contributed by atoms with Gasteiger partial charge >= 0.3 is 5.97 Å². The first-order valence-electron chi connectivity index (χ1n) is 10.4. The molecule has 0 spiro atoms. The van der Waals surface area contributed by atoms with E-state index in [0.717, 1.165) is 21.9 Å². The fraction of sp³-hybridized carbons (Fsp3) is 0.111. The second-order valence-corrected chi connectivity index (χ2v) is 7.55. The zero-order valence-electron chi connectivity index (χ0n) is 17.4. The van der Waals surface area contributed by atoms with Crippen LogP contribution in [-0.4, -0.2) is 23.0 Å². The number of ether oxygens (including phenoxy) is 1. The van der Waals surface area contributed by atoms with E-state index in [2.05, 4.69) is 5.32 Å². The van der Waals surface area contributed by atoms with E-state index in [1.54, 1.807) is 12.1 Å². The summed E-state index contributed by atoms with van der Waals surface area (Å²) in [5.74, 6) is -0.792. The Morgan fingerprint density at radius 3 is 2.19 bits per heavy atom. The summed E-state index contributed by atoms with van der Waals surface area (Å²) in [5, 5.41) is 14.2. The minimum atomic E-state index is -1.08. The van der Waals surface area contributed by atoms with Gasteiger partial charge in [-0.2, -0.15) is 0 Å². The topological polar surface area (TPSA) is 75.6 Å². The van der Waals surface area contributed by atoms with Crippen LogP contribution >= 0.6 is 0 Å². The van der Waals surface area contributed by atoms with Gasteiger partial charge in [0.1, 0.15) is 18.4 Å². The second-order valence-electron chi connectivity index (χ2n) is 7.55. The number of benzene rings is 4. The van der Waals surface area contributed by atoms with E-state index in [1.807, 2.05) is 84.9 Å². The molecule has 4 aromatic rings. The van der Waals surface area contributed by atoms with Crippen molar-refractivity contribution in [3.05, 3.63) is 114 Å². The van der Waals surface area contributed by atoms with Gasteiger partial charge in [0.05, 0.1) is 0 Å². The van der Waals surface area contributed by atoms with Crippen molar-refractivity contribution in [2.75, 3.05) is 0 Å². The Bertz CT molecular complexity index is 1220. The van der Waals surface area contributed by atoms with E-state index in [4.69, 9.17) is 4.74 Å². The molecule has 0 heterocycles. The molecule has 4 aromatic carbocycles. The number of hydrogen-bond acceptors (Lipinski definition) is 3. The van der Waals surface area contributed by atoms with Gasteiger partial charge in [0, 0.05) is 12.0 Å². The van der Waals surface area contributed by atoms with Gasteiger partial charge in [0.2, 0.25) is 0 Å². The molecule has 0 saturated heterocycles. The van der Waals surface area contributed by atoms with Crippen LogP contribution < -0.4 is 10.1 Å². The first-order chi connectivity index (χ1) is 15.6. The quantitative estimate of drug-likeness (QED) is 0.423. The first-order valence-corrected chi connectivity index (χ1v) is 10.4. The second kappa shape index (κ2) is 9.79. The highest BCUT2D eigenvalue weighted by molar-refractivity contribution is 6.00. The van der Waals surface area contributed by atoms with Crippen LogP contribution in [-0.2, 0) is 17.8 Å². The SMILES string of the molecule is O=C(N[C@H](Cc1ccc(OCc2ccccc2)cc1)C(=O)O)c1ccc2ccccc2c1. The van der Waals surface area contributed by atoms with E-state index in [-0.39, 0.29) is 6.42 Å². The van der Waals surface area contributed by atoms with Crippen molar-refractivity contribution >= 4 is 22.6 Å². The highest BCUT2D eigenvalue weighted by atomic mass is 16.5. The molecule has 5 nitrogen and oxygen atoms in total. The number of fused-ring (bicyclic) bond motifs is 1. The lowest BCUT2D eigenvalue weighted by Gasteiger charge is -2.15. The summed E-state index contributed by atoms with van der Waals surface area (Å²) in [5.41, 5.74) is 2.29. The average molecular weight is 425 g/mol. The van der Waals surface area contributed by atoms with Crippen molar-refractivity contribution in [2.24, 2.45) is 0 Å². The molecule has 0 aliphatic heterocycles. The van der Waals surface area contributed by atoms with E-state index in [1.165, 1.54) is 0 Å². The monoisotopic (exact) mass is 425 g/mol. The normalized spacial score (nSPS) is 11.6. The number of carbonyl (C=O) groups is 2. The van der Waals surface area contributed by atoms with Gasteiger partial charge in [0.15, 0.2) is 0 Å². The van der Waals surface area contributed by atoms with Gasteiger partial charge in [-0.1, -0.05) is 72.8 Å². The summed E-state index contributed by atoms with van der Waals surface area (Å²) in [6.07, 6.45) is 0.174. The van der Waals surface area contributed by atoms with E-state index >= 15 is 0 Å². The Balaban J connectivity index is 1.39. The van der Waals surface area contributed by atoms with Crippen LogP contribution in [0.15, 0.2) is 97.1 Å². The predicted molar refractivity (Wildman–Crippen MR) is 124 cm³/mol. The molecular formula is C27H23NO4. The lowest BCUT2D eigenvalue weighted by Crippen LogP contribution is -2.42. The number of aliphatic carboxylic acids is 1. The van der Waals surface area contributed by atoms with Crippen LogP contribution in [0, 0.1) is 0 Å². The molecule has 0 aliphatic rings. The number of hydrogen-bond donors (Lipinski definition) is 2. The van der Waals surface area contributed by atoms with E-state index in [9.17, 15) is 14.7 Å². The van der Waals surface area contributed by atoms with Crippen molar-refractivity contribution in [2.45, 2.75) is 19.1 Å². The fourth-order valence-electron chi connectivity index (χ4n) is 3.47. The lowest BCUT2D eigenvalue weighted by atomic mass is 10.0. The Morgan fingerprint density at radius 1 is 0.781 bits per heavy atom. The fourth-order valence-corrected chi connectivity index (χ4v) is 3.47.